The molecule has 0 saturated carbocycles. The number of amides is 1. The maximum Gasteiger partial charge on any atom is 0.223 e. The maximum atomic E-state index is 11.6. The Morgan fingerprint density at radius 2 is 2.07 bits per heavy atom. The van der Waals surface area contributed by atoms with E-state index >= 15 is 0 Å². The molecule has 1 aromatic carbocycles. The molecule has 0 fully saturated rings. The summed E-state index contributed by atoms with van der Waals surface area (Å²) in [5.74, 6) is -0.457. The molecule has 0 saturated heterocycles. The van der Waals surface area contributed by atoms with Crippen LogP contribution in [0.5, 0.6) is 0 Å². The number of fused-ring (bicyclic) bond motifs is 1. The first-order chi connectivity index (χ1) is 7.16. The normalized spacial score (nSPS) is 10.4. The van der Waals surface area contributed by atoms with E-state index in [1.54, 1.807) is 18.2 Å². The zero-order valence-corrected chi connectivity index (χ0v) is 7.99. The molecule has 0 unspecified atom stereocenters. The fourth-order valence-electron chi connectivity index (χ4n) is 1.53. The summed E-state index contributed by atoms with van der Waals surface area (Å²) in [6.45, 7) is 0. The molecule has 0 aliphatic carbocycles. The molecule has 0 radical (unpaired) electrons. The van der Waals surface area contributed by atoms with Gasteiger partial charge in [0.1, 0.15) is 0 Å². The van der Waals surface area contributed by atoms with Crippen LogP contribution in [-0.4, -0.2) is 10.9 Å². The van der Waals surface area contributed by atoms with Crippen LogP contribution in [0.25, 0.3) is 10.9 Å². The molecule has 1 amide bonds. The number of rotatable bonds is 2. The van der Waals surface area contributed by atoms with E-state index in [4.69, 9.17) is 5.73 Å². The molecule has 15 heavy (non-hydrogen) atoms. The minimum absolute atomic E-state index is 0.0556. The predicted octanol–water partition coefficient (Wildman–Crippen LogP) is 0.556. The van der Waals surface area contributed by atoms with Gasteiger partial charge in [0, 0.05) is 22.7 Å². The molecule has 4 nitrogen and oxygen atoms in total. The second-order valence-electron chi connectivity index (χ2n) is 3.35. The second-order valence-corrected chi connectivity index (χ2v) is 3.35. The number of hydrogen-bond donors (Lipinski definition) is 2. The number of nitrogens with one attached hydrogen (secondary N) is 1. The summed E-state index contributed by atoms with van der Waals surface area (Å²) in [6, 6.07) is 8.56. The lowest BCUT2D eigenvalue weighted by Crippen LogP contribution is -2.16. The number of primary amides is 1. The number of carbonyl (C=O) groups is 1. The number of nitrogens with two attached hydrogens (primary N) is 1. The standard InChI is InChI=1S/C11H10N2O2/c12-11(15)6-7-5-10(14)8-3-1-2-4-9(8)13-7/h1-5H,6H2,(H2,12,15)(H,13,14). The lowest BCUT2D eigenvalue weighted by atomic mass is 10.1. The highest BCUT2D eigenvalue weighted by molar-refractivity contribution is 5.80. The number of benzene rings is 1. The highest BCUT2D eigenvalue weighted by Crippen LogP contribution is 2.07. The van der Waals surface area contributed by atoms with Crippen LogP contribution in [0.4, 0.5) is 0 Å². The smallest absolute Gasteiger partial charge is 0.223 e. The van der Waals surface area contributed by atoms with Crippen LogP contribution in [0, 0.1) is 0 Å². The van der Waals surface area contributed by atoms with Crippen LogP contribution < -0.4 is 11.2 Å². The molecule has 0 aliphatic rings. The van der Waals surface area contributed by atoms with Gasteiger partial charge in [0.15, 0.2) is 5.43 Å². The Morgan fingerprint density at radius 1 is 1.33 bits per heavy atom. The van der Waals surface area contributed by atoms with Crippen LogP contribution in [0.2, 0.25) is 0 Å². The van der Waals surface area contributed by atoms with Crippen LogP contribution in [0.15, 0.2) is 35.1 Å². The topological polar surface area (TPSA) is 76.0 Å². The highest BCUT2D eigenvalue weighted by atomic mass is 16.1. The monoisotopic (exact) mass is 202 g/mol. The van der Waals surface area contributed by atoms with Crippen molar-refractivity contribution in [2.24, 2.45) is 5.73 Å². The van der Waals surface area contributed by atoms with E-state index in [9.17, 15) is 9.59 Å². The van der Waals surface area contributed by atoms with Crippen LogP contribution in [-0.2, 0) is 11.2 Å². The zero-order chi connectivity index (χ0) is 10.8. The Kier molecular flexibility index (Phi) is 2.25. The fraction of sp³-hybridized carbons (Fsp3) is 0.0909. The van der Waals surface area contributed by atoms with Crippen molar-refractivity contribution in [1.29, 1.82) is 0 Å². The number of hydrogen-bond acceptors (Lipinski definition) is 2. The van der Waals surface area contributed by atoms with Gasteiger partial charge in [0.05, 0.1) is 6.42 Å². The summed E-state index contributed by atoms with van der Waals surface area (Å²) < 4.78 is 0. The fourth-order valence-corrected chi connectivity index (χ4v) is 1.53. The Bertz CT molecular complexity index is 572. The first kappa shape index (κ1) is 9.45. The molecule has 0 aliphatic heterocycles. The molecule has 1 heterocycles. The van der Waals surface area contributed by atoms with Gasteiger partial charge in [-0.1, -0.05) is 12.1 Å². The molecular weight excluding hydrogens is 192 g/mol. The quantitative estimate of drug-likeness (QED) is 0.746. The minimum Gasteiger partial charge on any atom is -0.369 e. The van der Waals surface area contributed by atoms with Crippen molar-refractivity contribution in [3.63, 3.8) is 0 Å². The number of aromatic nitrogens is 1. The van der Waals surface area contributed by atoms with Crippen LogP contribution >= 0.6 is 0 Å². The van der Waals surface area contributed by atoms with Crippen LogP contribution in [0.3, 0.4) is 0 Å². The summed E-state index contributed by atoms with van der Waals surface area (Å²) in [7, 11) is 0. The minimum atomic E-state index is -0.457. The Morgan fingerprint density at radius 3 is 2.80 bits per heavy atom. The first-order valence-corrected chi connectivity index (χ1v) is 4.56. The summed E-state index contributed by atoms with van der Waals surface area (Å²) >= 11 is 0. The van der Waals surface area contributed by atoms with Crippen molar-refractivity contribution in [1.82, 2.24) is 4.98 Å². The third-order valence-corrected chi connectivity index (χ3v) is 2.16. The molecule has 4 heteroatoms. The van der Waals surface area contributed by atoms with E-state index in [0.717, 1.165) is 5.52 Å². The average Bonchev–Trinajstić information content (AvgIpc) is 2.16. The van der Waals surface area contributed by atoms with Crippen molar-refractivity contribution in [2.75, 3.05) is 0 Å². The van der Waals surface area contributed by atoms with Crippen molar-refractivity contribution in [3.8, 4) is 0 Å². The molecular formula is C11H10N2O2. The number of carbonyl (C=O) groups excluding carboxylic acids is 1. The second kappa shape index (κ2) is 3.57. The molecule has 3 N–H and O–H groups in total. The largest absolute Gasteiger partial charge is 0.369 e. The number of para-hydroxylation sites is 1. The number of aromatic amines is 1. The summed E-state index contributed by atoms with van der Waals surface area (Å²) in [5.41, 5.74) is 6.23. The van der Waals surface area contributed by atoms with Crippen LogP contribution in [0.1, 0.15) is 5.69 Å². The van der Waals surface area contributed by atoms with Gasteiger partial charge in [-0.2, -0.15) is 0 Å². The van der Waals surface area contributed by atoms with E-state index in [-0.39, 0.29) is 11.8 Å². The maximum absolute atomic E-state index is 11.6. The molecule has 1 aromatic heterocycles. The van der Waals surface area contributed by atoms with Crippen molar-refractivity contribution in [2.45, 2.75) is 6.42 Å². The molecule has 0 bridgehead atoms. The third-order valence-electron chi connectivity index (χ3n) is 2.16. The zero-order valence-electron chi connectivity index (χ0n) is 7.99. The molecule has 0 atom stereocenters. The van der Waals surface area contributed by atoms with Crippen molar-refractivity contribution in [3.05, 3.63) is 46.2 Å². The lowest BCUT2D eigenvalue weighted by molar-refractivity contribution is -0.117. The van der Waals surface area contributed by atoms with E-state index < -0.39 is 5.91 Å². The molecule has 2 aromatic rings. The van der Waals surface area contributed by atoms with Crippen molar-refractivity contribution < 1.29 is 4.79 Å². The molecule has 0 spiro atoms. The van der Waals surface area contributed by atoms with E-state index in [1.807, 2.05) is 6.07 Å². The summed E-state index contributed by atoms with van der Waals surface area (Å²) in [4.78, 5) is 25.3. The van der Waals surface area contributed by atoms with Gasteiger partial charge in [0.25, 0.3) is 0 Å². The van der Waals surface area contributed by atoms with Gasteiger partial charge >= 0.3 is 0 Å². The Balaban J connectivity index is 2.62. The van der Waals surface area contributed by atoms with Gasteiger partial charge in [-0.3, -0.25) is 9.59 Å². The Labute approximate surface area is 85.7 Å². The summed E-state index contributed by atoms with van der Waals surface area (Å²) in [5, 5.41) is 0.616. The average molecular weight is 202 g/mol. The van der Waals surface area contributed by atoms with Gasteiger partial charge in [-0.25, -0.2) is 0 Å². The van der Waals surface area contributed by atoms with Crippen molar-refractivity contribution >= 4 is 16.8 Å². The van der Waals surface area contributed by atoms with E-state index in [0.29, 0.717) is 11.1 Å². The number of H-pyrrole nitrogens is 1. The molecule has 2 rings (SSSR count). The predicted molar refractivity (Wildman–Crippen MR) is 57.5 cm³/mol. The van der Waals surface area contributed by atoms with E-state index in [2.05, 4.69) is 4.98 Å². The van der Waals surface area contributed by atoms with Gasteiger partial charge in [-0.05, 0) is 12.1 Å². The van der Waals surface area contributed by atoms with E-state index in [1.165, 1.54) is 6.07 Å². The van der Waals surface area contributed by atoms with Gasteiger partial charge < -0.3 is 10.7 Å². The summed E-state index contributed by atoms with van der Waals surface area (Å²) in [6.07, 6.45) is 0.0556. The van der Waals surface area contributed by atoms with Gasteiger partial charge in [0.2, 0.25) is 5.91 Å². The Hall–Kier alpha value is -2.10. The number of pyridine rings is 1. The molecule has 76 valence electrons. The lowest BCUT2D eigenvalue weighted by Gasteiger charge is -2.01. The first-order valence-electron chi connectivity index (χ1n) is 4.56. The highest BCUT2D eigenvalue weighted by Gasteiger charge is 2.03. The van der Waals surface area contributed by atoms with Gasteiger partial charge in [-0.15, -0.1) is 0 Å². The SMILES string of the molecule is NC(=O)Cc1cc(=O)c2ccccc2[nH]1. The third kappa shape index (κ3) is 1.88.